The molecule has 3 rings (SSSR count). The van der Waals surface area contributed by atoms with Crippen molar-refractivity contribution in [2.45, 2.75) is 6.92 Å². The molecule has 1 aromatic carbocycles. The Labute approximate surface area is 119 Å². The maximum absolute atomic E-state index is 14.0. The number of hydrogen-bond acceptors (Lipinski definition) is 4. The van der Waals surface area contributed by atoms with Crippen molar-refractivity contribution in [1.82, 2.24) is 10.1 Å². The van der Waals surface area contributed by atoms with Crippen molar-refractivity contribution < 1.29 is 13.3 Å². The van der Waals surface area contributed by atoms with E-state index in [2.05, 4.69) is 10.1 Å². The number of rotatable bonds is 2. The zero-order valence-electron chi connectivity index (χ0n) is 11.1. The van der Waals surface area contributed by atoms with Crippen molar-refractivity contribution >= 4 is 5.88 Å². The van der Waals surface area contributed by atoms with Crippen LogP contribution in [0.15, 0.2) is 41.2 Å². The molecule has 0 atom stereocenters. The van der Waals surface area contributed by atoms with Gasteiger partial charge in [-0.2, -0.15) is 0 Å². The van der Waals surface area contributed by atoms with Crippen molar-refractivity contribution in [3.8, 4) is 22.4 Å². The quantitative estimate of drug-likeness (QED) is 0.782. The molecule has 6 heteroatoms. The lowest BCUT2D eigenvalue weighted by Crippen LogP contribution is -1.93. The van der Waals surface area contributed by atoms with Crippen LogP contribution in [0, 0.1) is 18.6 Å². The van der Waals surface area contributed by atoms with Crippen molar-refractivity contribution in [2.24, 2.45) is 0 Å². The number of nitrogens with two attached hydrogens (primary N) is 1. The Morgan fingerprint density at radius 3 is 2.52 bits per heavy atom. The third-order valence-corrected chi connectivity index (χ3v) is 3.19. The SMILES string of the molecule is Cc1cc(-c2noc(N)c2-c2ccncc2)c(F)cc1F. The minimum Gasteiger partial charge on any atom is -0.367 e. The lowest BCUT2D eigenvalue weighted by Gasteiger charge is -2.05. The van der Waals surface area contributed by atoms with Crippen LogP contribution in [0.3, 0.4) is 0 Å². The zero-order valence-corrected chi connectivity index (χ0v) is 11.1. The van der Waals surface area contributed by atoms with E-state index in [-0.39, 0.29) is 17.1 Å². The summed E-state index contributed by atoms with van der Waals surface area (Å²) in [5, 5.41) is 3.81. The summed E-state index contributed by atoms with van der Waals surface area (Å²) in [6.07, 6.45) is 3.16. The van der Waals surface area contributed by atoms with Gasteiger partial charge in [-0.25, -0.2) is 8.78 Å². The molecule has 2 N–H and O–H groups in total. The van der Waals surface area contributed by atoms with Crippen LogP contribution in [0.4, 0.5) is 14.7 Å². The van der Waals surface area contributed by atoms with Gasteiger partial charge in [0.05, 0.1) is 5.56 Å². The molecule has 2 heterocycles. The number of benzene rings is 1. The average molecular weight is 287 g/mol. The van der Waals surface area contributed by atoms with E-state index >= 15 is 0 Å². The van der Waals surface area contributed by atoms with Crippen LogP contribution in [0.2, 0.25) is 0 Å². The Bertz CT molecular complexity index is 800. The number of hydrogen-bond donors (Lipinski definition) is 1. The predicted octanol–water partition coefficient (Wildman–Crippen LogP) is 3.57. The van der Waals surface area contributed by atoms with Crippen LogP contribution < -0.4 is 5.73 Å². The smallest absolute Gasteiger partial charge is 0.230 e. The summed E-state index contributed by atoms with van der Waals surface area (Å²) in [5.41, 5.74) is 7.63. The second-order valence-corrected chi connectivity index (χ2v) is 4.59. The van der Waals surface area contributed by atoms with E-state index in [9.17, 15) is 8.78 Å². The predicted molar refractivity (Wildman–Crippen MR) is 74.2 cm³/mol. The molecule has 0 fully saturated rings. The Kier molecular flexibility index (Phi) is 3.13. The topological polar surface area (TPSA) is 64.9 Å². The lowest BCUT2D eigenvalue weighted by atomic mass is 10.00. The highest BCUT2D eigenvalue weighted by molar-refractivity contribution is 5.86. The molecule has 0 saturated carbocycles. The fourth-order valence-corrected chi connectivity index (χ4v) is 2.12. The summed E-state index contributed by atoms with van der Waals surface area (Å²) in [5.74, 6) is -1.27. The Morgan fingerprint density at radius 1 is 1.10 bits per heavy atom. The molecule has 2 aromatic heterocycles. The first-order chi connectivity index (χ1) is 10.1. The molecule has 106 valence electrons. The van der Waals surface area contributed by atoms with Gasteiger partial charge < -0.3 is 10.3 Å². The van der Waals surface area contributed by atoms with Crippen LogP contribution in [0.5, 0.6) is 0 Å². The van der Waals surface area contributed by atoms with Crippen molar-refractivity contribution in [1.29, 1.82) is 0 Å². The highest BCUT2D eigenvalue weighted by Crippen LogP contribution is 2.37. The van der Waals surface area contributed by atoms with Gasteiger partial charge >= 0.3 is 0 Å². The Balaban J connectivity index is 2.24. The van der Waals surface area contributed by atoms with Crippen molar-refractivity contribution in [3.05, 3.63) is 53.9 Å². The minimum atomic E-state index is -0.721. The Morgan fingerprint density at radius 2 is 1.81 bits per heavy atom. The van der Waals surface area contributed by atoms with Gasteiger partial charge in [0.2, 0.25) is 5.88 Å². The molecule has 0 saturated heterocycles. The molecule has 0 aliphatic carbocycles. The monoisotopic (exact) mass is 287 g/mol. The maximum atomic E-state index is 14.0. The van der Waals surface area contributed by atoms with Crippen LogP contribution in [0.1, 0.15) is 5.56 Å². The summed E-state index contributed by atoms with van der Waals surface area (Å²) >= 11 is 0. The average Bonchev–Trinajstić information content (AvgIpc) is 2.85. The number of nitrogens with zero attached hydrogens (tertiary/aromatic N) is 2. The van der Waals surface area contributed by atoms with Gasteiger partial charge in [0.15, 0.2) is 0 Å². The van der Waals surface area contributed by atoms with Crippen LogP contribution in [-0.4, -0.2) is 10.1 Å². The first-order valence-corrected chi connectivity index (χ1v) is 6.19. The normalized spacial score (nSPS) is 10.8. The number of pyridine rings is 1. The van der Waals surface area contributed by atoms with Gasteiger partial charge in [0.25, 0.3) is 0 Å². The summed E-state index contributed by atoms with van der Waals surface area (Å²) in [6, 6.07) is 5.62. The molecule has 0 spiro atoms. The summed E-state index contributed by atoms with van der Waals surface area (Å²) in [7, 11) is 0. The largest absolute Gasteiger partial charge is 0.367 e. The van der Waals surface area contributed by atoms with E-state index in [1.165, 1.54) is 6.07 Å². The van der Waals surface area contributed by atoms with Gasteiger partial charge in [0.1, 0.15) is 17.3 Å². The molecule has 0 unspecified atom stereocenters. The van der Waals surface area contributed by atoms with Gasteiger partial charge in [0, 0.05) is 24.0 Å². The first kappa shape index (κ1) is 13.2. The molecule has 0 aliphatic heterocycles. The highest BCUT2D eigenvalue weighted by atomic mass is 19.1. The number of aryl methyl sites for hydroxylation is 1. The van der Waals surface area contributed by atoms with Crippen molar-refractivity contribution in [2.75, 3.05) is 5.73 Å². The van der Waals surface area contributed by atoms with E-state index in [0.717, 1.165) is 6.07 Å². The number of aromatic nitrogens is 2. The Hall–Kier alpha value is -2.76. The first-order valence-electron chi connectivity index (χ1n) is 6.19. The molecule has 0 bridgehead atoms. The highest BCUT2D eigenvalue weighted by Gasteiger charge is 2.21. The maximum Gasteiger partial charge on any atom is 0.230 e. The second-order valence-electron chi connectivity index (χ2n) is 4.59. The fourth-order valence-electron chi connectivity index (χ4n) is 2.12. The lowest BCUT2D eigenvalue weighted by molar-refractivity contribution is 0.439. The molecular weight excluding hydrogens is 276 g/mol. The van der Waals surface area contributed by atoms with E-state index in [0.29, 0.717) is 16.7 Å². The summed E-state index contributed by atoms with van der Waals surface area (Å²) < 4.78 is 32.4. The molecule has 4 nitrogen and oxygen atoms in total. The standard InChI is InChI=1S/C15H11F2N3O/c1-8-6-10(12(17)7-11(8)16)14-13(15(18)21-20-14)9-2-4-19-5-3-9/h2-7H,18H2,1H3. The van der Waals surface area contributed by atoms with Crippen LogP contribution >= 0.6 is 0 Å². The van der Waals surface area contributed by atoms with Gasteiger partial charge in [-0.05, 0) is 36.2 Å². The molecule has 3 aromatic rings. The van der Waals surface area contributed by atoms with Crippen LogP contribution in [0.25, 0.3) is 22.4 Å². The zero-order chi connectivity index (χ0) is 15.0. The molecule has 0 amide bonds. The molecule has 0 radical (unpaired) electrons. The number of nitrogen functional groups attached to an aromatic ring is 1. The van der Waals surface area contributed by atoms with E-state index in [1.807, 2.05) is 0 Å². The number of anilines is 1. The summed E-state index contributed by atoms with van der Waals surface area (Å²) in [6.45, 7) is 1.55. The van der Waals surface area contributed by atoms with E-state index < -0.39 is 11.6 Å². The molecular formula is C15H11F2N3O. The molecule has 21 heavy (non-hydrogen) atoms. The van der Waals surface area contributed by atoms with E-state index in [4.69, 9.17) is 10.3 Å². The second kappa shape index (κ2) is 4.97. The van der Waals surface area contributed by atoms with Gasteiger partial charge in [-0.15, -0.1) is 0 Å². The van der Waals surface area contributed by atoms with Gasteiger partial charge in [-0.3, -0.25) is 4.98 Å². The third kappa shape index (κ3) is 2.24. The minimum absolute atomic E-state index is 0.0672. The third-order valence-electron chi connectivity index (χ3n) is 3.19. The summed E-state index contributed by atoms with van der Waals surface area (Å²) in [4.78, 5) is 3.92. The van der Waals surface area contributed by atoms with E-state index in [1.54, 1.807) is 31.5 Å². The molecule has 0 aliphatic rings. The number of halogens is 2. The van der Waals surface area contributed by atoms with Gasteiger partial charge in [-0.1, -0.05) is 5.16 Å². The van der Waals surface area contributed by atoms with Crippen LogP contribution in [-0.2, 0) is 0 Å². The fraction of sp³-hybridized carbons (Fsp3) is 0.0667. The van der Waals surface area contributed by atoms with Crippen molar-refractivity contribution in [3.63, 3.8) is 0 Å².